The molecule has 30 heavy (non-hydrogen) atoms. The first kappa shape index (κ1) is 19.5. The van der Waals surface area contributed by atoms with Crippen molar-refractivity contribution in [2.45, 2.75) is 39.0 Å². The van der Waals surface area contributed by atoms with E-state index in [0.29, 0.717) is 5.91 Å². The molecule has 4 heterocycles. The topological polar surface area (TPSA) is 49.3 Å². The fraction of sp³-hybridized carbons (Fsp3) is 0.458. The van der Waals surface area contributed by atoms with Gasteiger partial charge in [-0.1, -0.05) is 29.8 Å². The van der Waals surface area contributed by atoms with E-state index in [1.807, 2.05) is 0 Å². The second-order valence-electron chi connectivity index (χ2n) is 8.54. The van der Waals surface area contributed by atoms with E-state index in [1.54, 1.807) is 17.7 Å². The van der Waals surface area contributed by atoms with Crippen molar-refractivity contribution in [1.29, 1.82) is 0 Å². The lowest BCUT2D eigenvalue weighted by Gasteiger charge is -2.36. The second-order valence-corrected chi connectivity index (χ2v) is 9.40. The van der Waals surface area contributed by atoms with E-state index in [4.69, 9.17) is 4.98 Å². The van der Waals surface area contributed by atoms with Crippen LogP contribution >= 0.6 is 11.3 Å². The number of aromatic nitrogens is 2. The summed E-state index contributed by atoms with van der Waals surface area (Å²) in [5, 5.41) is 3.34. The van der Waals surface area contributed by atoms with Crippen LogP contribution in [0.4, 0.5) is 5.82 Å². The van der Waals surface area contributed by atoms with Crippen LogP contribution in [0.5, 0.6) is 0 Å². The predicted molar refractivity (Wildman–Crippen MR) is 123 cm³/mol. The Bertz CT molecular complexity index is 1030. The highest BCUT2D eigenvalue weighted by atomic mass is 32.1. The van der Waals surface area contributed by atoms with Crippen LogP contribution in [0.25, 0.3) is 21.3 Å². The molecule has 0 radical (unpaired) electrons. The smallest absolute Gasteiger partial charge is 0.225 e. The summed E-state index contributed by atoms with van der Waals surface area (Å²) in [6.07, 6.45) is 7.07. The maximum atomic E-state index is 12.9. The first-order chi connectivity index (χ1) is 14.7. The Labute approximate surface area is 181 Å². The van der Waals surface area contributed by atoms with Crippen LogP contribution in [0.1, 0.15) is 37.7 Å². The summed E-state index contributed by atoms with van der Waals surface area (Å²) in [6.45, 7) is 5.75. The predicted octanol–water partition coefficient (Wildman–Crippen LogP) is 4.90. The van der Waals surface area contributed by atoms with Crippen molar-refractivity contribution in [3.05, 3.63) is 41.5 Å². The minimum atomic E-state index is 0.163. The van der Waals surface area contributed by atoms with Crippen LogP contribution in [0.15, 0.2) is 36.0 Å². The van der Waals surface area contributed by atoms with Crippen molar-refractivity contribution >= 4 is 33.3 Å². The molecule has 1 amide bonds. The van der Waals surface area contributed by atoms with E-state index in [2.05, 4.69) is 51.4 Å². The minimum Gasteiger partial charge on any atom is -0.356 e. The number of hydrogen-bond donors (Lipinski definition) is 0. The molecule has 2 aliphatic heterocycles. The summed E-state index contributed by atoms with van der Waals surface area (Å²) in [5.74, 6) is 1.55. The van der Waals surface area contributed by atoms with Gasteiger partial charge in [0.15, 0.2) is 0 Å². The number of anilines is 1. The van der Waals surface area contributed by atoms with Gasteiger partial charge in [0.25, 0.3) is 0 Å². The van der Waals surface area contributed by atoms with E-state index in [-0.39, 0.29) is 5.92 Å². The van der Waals surface area contributed by atoms with Gasteiger partial charge in [0.2, 0.25) is 5.91 Å². The number of thiophene rings is 1. The largest absolute Gasteiger partial charge is 0.356 e. The van der Waals surface area contributed by atoms with Gasteiger partial charge >= 0.3 is 0 Å². The van der Waals surface area contributed by atoms with Crippen LogP contribution in [0.3, 0.4) is 0 Å². The van der Waals surface area contributed by atoms with Gasteiger partial charge in [-0.25, -0.2) is 9.97 Å². The normalized spacial score (nSPS) is 18.2. The zero-order valence-electron chi connectivity index (χ0n) is 17.5. The fourth-order valence-electron chi connectivity index (χ4n) is 4.76. The Morgan fingerprint density at radius 2 is 1.73 bits per heavy atom. The van der Waals surface area contributed by atoms with Crippen LogP contribution < -0.4 is 4.90 Å². The summed E-state index contributed by atoms with van der Waals surface area (Å²) in [4.78, 5) is 27.6. The first-order valence-electron chi connectivity index (χ1n) is 11.0. The van der Waals surface area contributed by atoms with E-state index in [9.17, 15) is 4.79 Å². The number of piperidine rings is 2. The number of hydrogen-bond acceptors (Lipinski definition) is 5. The summed E-state index contributed by atoms with van der Waals surface area (Å²) < 4.78 is 0. The van der Waals surface area contributed by atoms with Gasteiger partial charge < -0.3 is 9.80 Å². The Morgan fingerprint density at radius 1 is 1.00 bits per heavy atom. The van der Waals surface area contributed by atoms with Crippen LogP contribution in [0.2, 0.25) is 0 Å². The van der Waals surface area contributed by atoms with E-state index in [1.165, 1.54) is 23.1 Å². The van der Waals surface area contributed by atoms with Crippen molar-refractivity contribution < 1.29 is 4.79 Å². The van der Waals surface area contributed by atoms with Gasteiger partial charge in [-0.3, -0.25) is 4.79 Å². The van der Waals surface area contributed by atoms with Gasteiger partial charge in [0.1, 0.15) is 17.0 Å². The van der Waals surface area contributed by atoms with Crippen LogP contribution in [-0.2, 0) is 4.79 Å². The molecule has 0 N–H and O–H groups in total. The van der Waals surface area contributed by atoms with Crippen LogP contribution in [-0.4, -0.2) is 47.0 Å². The van der Waals surface area contributed by atoms with Gasteiger partial charge in [-0.05, 0) is 44.6 Å². The zero-order valence-corrected chi connectivity index (χ0v) is 18.3. The number of fused-ring (bicyclic) bond motifs is 1. The monoisotopic (exact) mass is 420 g/mol. The van der Waals surface area contributed by atoms with Gasteiger partial charge in [-0.2, -0.15) is 0 Å². The molecule has 0 bridgehead atoms. The van der Waals surface area contributed by atoms with Gasteiger partial charge in [0, 0.05) is 43.0 Å². The lowest BCUT2D eigenvalue weighted by Crippen LogP contribution is -2.44. The number of rotatable bonds is 3. The number of aryl methyl sites for hydroxylation is 1. The number of amides is 1. The number of likely N-dealkylation sites (tertiary alicyclic amines) is 1. The van der Waals surface area contributed by atoms with Crippen molar-refractivity contribution in [1.82, 2.24) is 14.9 Å². The molecule has 2 aliphatic rings. The molecular formula is C24H28N4OS. The molecule has 2 saturated heterocycles. The first-order valence-corrected chi connectivity index (χ1v) is 11.9. The quantitative estimate of drug-likeness (QED) is 0.605. The van der Waals surface area contributed by atoms with Crippen molar-refractivity contribution in [2.24, 2.45) is 5.92 Å². The molecular weight excluding hydrogens is 392 g/mol. The summed E-state index contributed by atoms with van der Waals surface area (Å²) in [5.41, 5.74) is 3.67. The lowest BCUT2D eigenvalue weighted by molar-refractivity contribution is -0.137. The Kier molecular flexibility index (Phi) is 5.42. The summed E-state index contributed by atoms with van der Waals surface area (Å²) in [6, 6.07) is 8.66. The molecule has 2 aromatic heterocycles. The van der Waals surface area contributed by atoms with Crippen LogP contribution in [0, 0.1) is 12.8 Å². The minimum absolute atomic E-state index is 0.163. The van der Waals surface area contributed by atoms with Crippen molar-refractivity contribution in [2.75, 3.05) is 31.1 Å². The molecule has 0 aliphatic carbocycles. The summed E-state index contributed by atoms with van der Waals surface area (Å²) >= 11 is 1.68. The Balaban J connectivity index is 1.37. The van der Waals surface area contributed by atoms with Crippen molar-refractivity contribution in [3.8, 4) is 11.1 Å². The zero-order chi connectivity index (χ0) is 20.5. The molecule has 2 fully saturated rings. The highest BCUT2D eigenvalue weighted by molar-refractivity contribution is 7.17. The third kappa shape index (κ3) is 3.69. The average Bonchev–Trinajstić information content (AvgIpc) is 3.24. The SMILES string of the molecule is Cc1ccc(-c2csc3ncnc(N4CCC(C(=O)N5CCCCC5)CC4)c23)cc1. The maximum Gasteiger partial charge on any atom is 0.225 e. The highest BCUT2D eigenvalue weighted by Gasteiger charge is 2.30. The van der Waals surface area contributed by atoms with E-state index < -0.39 is 0 Å². The number of benzene rings is 1. The Morgan fingerprint density at radius 3 is 2.47 bits per heavy atom. The van der Waals surface area contributed by atoms with E-state index in [0.717, 1.165) is 67.9 Å². The standard InChI is InChI=1S/C24H28N4OS/c1-17-5-7-18(8-6-17)20-15-30-23-21(20)22(25-16-26-23)27-13-9-19(10-14-27)24(29)28-11-3-2-4-12-28/h5-8,15-16,19H,2-4,9-14H2,1H3. The molecule has 6 heteroatoms. The molecule has 0 saturated carbocycles. The number of carbonyl (C=O) groups excluding carboxylic acids is 1. The third-order valence-corrected chi connectivity index (χ3v) is 7.41. The fourth-order valence-corrected chi connectivity index (χ4v) is 5.67. The molecule has 3 aromatic rings. The third-order valence-electron chi connectivity index (χ3n) is 6.52. The van der Waals surface area contributed by atoms with Crippen molar-refractivity contribution in [3.63, 3.8) is 0 Å². The molecule has 5 rings (SSSR count). The second kappa shape index (κ2) is 8.34. The number of carbonyl (C=O) groups is 1. The molecule has 0 atom stereocenters. The molecule has 156 valence electrons. The average molecular weight is 421 g/mol. The van der Waals surface area contributed by atoms with Gasteiger partial charge in [0.05, 0.1) is 5.39 Å². The molecule has 0 unspecified atom stereocenters. The summed E-state index contributed by atoms with van der Waals surface area (Å²) in [7, 11) is 0. The highest BCUT2D eigenvalue weighted by Crippen LogP contribution is 2.39. The Hall–Kier alpha value is -2.47. The van der Waals surface area contributed by atoms with Gasteiger partial charge in [-0.15, -0.1) is 11.3 Å². The lowest BCUT2D eigenvalue weighted by atomic mass is 9.94. The van der Waals surface area contributed by atoms with E-state index >= 15 is 0 Å². The molecule has 0 spiro atoms. The molecule has 1 aromatic carbocycles. The molecule has 5 nitrogen and oxygen atoms in total. The number of nitrogens with zero attached hydrogens (tertiary/aromatic N) is 4. The maximum absolute atomic E-state index is 12.9.